The number of aryl methyl sites for hydroxylation is 1. The maximum absolute atomic E-state index is 12.2. The van der Waals surface area contributed by atoms with Gasteiger partial charge in [0.15, 0.2) is 11.5 Å². The summed E-state index contributed by atoms with van der Waals surface area (Å²) < 4.78 is 10.4. The van der Waals surface area contributed by atoms with E-state index in [9.17, 15) is 4.79 Å². The van der Waals surface area contributed by atoms with Gasteiger partial charge in [-0.05, 0) is 32.0 Å². The second kappa shape index (κ2) is 9.45. The minimum atomic E-state index is -0.181. The molecule has 26 heavy (non-hydrogen) atoms. The number of ether oxygens (including phenoxy) is 2. The van der Waals surface area contributed by atoms with Crippen LogP contribution in [0.5, 0.6) is 11.5 Å². The van der Waals surface area contributed by atoms with Crippen molar-refractivity contribution >= 4 is 17.7 Å². The highest BCUT2D eigenvalue weighted by Gasteiger charge is 2.10. The summed E-state index contributed by atoms with van der Waals surface area (Å²) in [4.78, 5) is 20.9. The van der Waals surface area contributed by atoms with Gasteiger partial charge in [0.1, 0.15) is 5.82 Å². The number of amides is 1. The Morgan fingerprint density at radius 2 is 1.81 bits per heavy atom. The number of hydrogen-bond donors (Lipinski definition) is 3. The van der Waals surface area contributed by atoms with Crippen LogP contribution in [0, 0.1) is 6.92 Å². The zero-order chi connectivity index (χ0) is 18.9. The van der Waals surface area contributed by atoms with Gasteiger partial charge in [0.2, 0.25) is 5.95 Å². The minimum Gasteiger partial charge on any atom is -0.493 e. The summed E-state index contributed by atoms with van der Waals surface area (Å²) in [5, 5.41) is 9.12. The van der Waals surface area contributed by atoms with Crippen LogP contribution < -0.4 is 25.4 Å². The molecule has 8 nitrogen and oxygen atoms in total. The van der Waals surface area contributed by atoms with E-state index in [2.05, 4.69) is 25.9 Å². The second-order valence-electron chi connectivity index (χ2n) is 5.50. The summed E-state index contributed by atoms with van der Waals surface area (Å²) >= 11 is 0. The zero-order valence-electron chi connectivity index (χ0n) is 15.5. The molecule has 0 aliphatic rings. The van der Waals surface area contributed by atoms with Gasteiger partial charge in [-0.3, -0.25) is 4.79 Å². The van der Waals surface area contributed by atoms with Gasteiger partial charge in [0.25, 0.3) is 5.91 Å². The molecule has 2 rings (SSSR count). The predicted octanol–water partition coefficient (Wildman–Crippen LogP) is 2.08. The molecular formula is C18H25N5O3. The van der Waals surface area contributed by atoms with Crippen molar-refractivity contribution in [1.82, 2.24) is 15.3 Å². The average molecular weight is 359 g/mol. The molecular weight excluding hydrogens is 334 g/mol. The molecule has 8 heteroatoms. The van der Waals surface area contributed by atoms with E-state index in [1.54, 1.807) is 25.3 Å². The van der Waals surface area contributed by atoms with Crippen LogP contribution in [0.1, 0.15) is 23.0 Å². The van der Waals surface area contributed by atoms with Crippen molar-refractivity contribution in [3.63, 3.8) is 0 Å². The first-order valence-electron chi connectivity index (χ1n) is 8.41. The molecule has 0 aliphatic carbocycles. The average Bonchev–Trinajstić information content (AvgIpc) is 2.64. The fourth-order valence-corrected chi connectivity index (χ4v) is 2.34. The lowest BCUT2D eigenvalue weighted by atomic mass is 10.2. The molecule has 0 fully saturated rings. The molecule has 1 heterocycles. The first kappa shape index (κ1) is 19.3. The normalized spacial score (nSPS) is 10.2. The van der Waals surface area contributed by atoms with Crippen LogP contribution in [0.4, 0.5) is 11.8 Å². The molecule has 3 N–H and O–H groups in total. The number of rotatable bonds is 9. The molecule has 1 aromatic carbocycles. The van der Waals surface area contributed by atoms with E-state index < -0.39 is 0 Å². The predicted molar refractivity (Wildman–Crippen MR) is 101 cm³/mol. The van der Waals surface area contributed by atoms with Crippen LogP contribution in [0.25, 0.3) is 0 Å². The fourth-order valence-electron chi connectivity index (χ4n) is 2.34. The van der Waals surface area contributed by atoms with E-state index in [-0.39, 0.29) is 5.91 Å². The maximum Gasteiger partial charge on any atom is 0.251 e. The summed E-state index contributed by atoms with van der Waals surface area (Å²) in [6.45, 7) is 5.65. The number of benzene rings is 1. The lowest BCUT2D eigenvalue weighted by Crippen LogP contribution is -2.29. The Kier molecular flexibility index (Phi) is 7.02. The molecule has 0 saturated carbocycles. The number of carbonyl (C=O) groups is 1. The fraction of sp³-hybridized carbons (Fsp3) is 0.389. The van der Waals surface area contributed by atoms with E-state index in [1.807, 2.05) is 19.9 Å². The number of aromatic nitrogens is 2. The minimum absolute atomic E-state index is 0.181. The van der Waals surface area contributed by atoms with Gasteiger partial charge in [-0.1, -0.05) is 0 Å². The lowest BCUT2D eigenvalue weighted by molar-refractivity contribution is 0.0954. The van der Waals surface area contributed by atoms with Gasteiger partial charge in [-0.15, -0.1) is 0 Å². The summed E-state index contributed by atoms with van der Waals surface area (Å²) in [6.07, 6.45) is 0. The van der Waals surface area contributed by atoms with Gasteiger partial charge in [-0.25, -0.2) is 4.98 Å². The molecule has 0 unspecified atom stereocenters. The number of hydrogen-bond acceptors (Lipinski definition) is 7. The maximum atomic E-state index is 12.2. The van der Waals surface area contributed by atoms with Crippen molar-refractivity contribution in [1.29, 1.82) is 0 Å². The van der Waals surface area contributed by atoms with Crippen molar-refractivity contribution in [3.05, 3.63) is 35.5 Å². The monoisotopic (exact) mass is 359 g/mol. The van der Waals surface area contributed by atoms with Gasteiger partial charge in [0.05, 0.1) is 14.2 Å². The van der Waals surface area contributed by atoms with Crippen LogP contribution in [-0.4, -0.2) is 49.7 Å². The van der Waals surface area contributed by atoms with Gasteiger partial charge < -0.3 is 25.4 Å². The Hall–Kier alpha value is -3.03. The van der Waals surface area contributed by atoms with Crippen LogP contribution in [0.3, 0.4) is 0 Å². The van der Waals surface area contributed by atoms with Crippen LogP contribution in [0.2, 0.25) is 0 Å². The van der Waals surface area contributed by atoms with E-state index in [0.717, 1.165) is 12.2 Å². The number of nitrogens with one attached hydrogen (secondary N) is 3. The first-order chi connectivity index (χ1) is 12.6. The number of anilines is 2. The van der Waals surface area contributed by atoms with Crippen LogP contribution >= 0.6 is 0 Å². The Labute approximate surface area is 153 Å². The summed E-state index contributed by atoms with van der Waals surface area (Å²) in [5.41, 5.74) is 1.38. The Balaban J connectivity index is 1.87. The zero-order valence-corrected chi connectivity index (χ0v) is 15.5. The molecule has 0 saturated heterocycles. The molecule has 0 bridgehead atoms. The number of nitrogens with zero attached hydrogens (tertiary/aromatic N) is 2. The highest BCUT2D eigenvalue weighted by molar-refractivity contribution is 5.94. The third-order valence-corrected chi connectivity index (χ3v) is 3.55. The van der Waals surface area contributed by atoms with Crippen molar-refractivity contribution in [2.24, 2.45) is 0 Å². The van der Waals surface area contributed by atoms with Crippen molar-refractivity contribution in [2.75, 3.05) is 44.5 Å². The number of methoxy groups -OCH3 is 2. The Morgan fingerprint density at radius 3 is 2.50 bits per heavy atom. The summed E-state index contributed by atoms with van der Waals surface area (Å²) in [5.74, 6) is 2.23. The smallest absolute Gasteiger partial charge is 0.251 e. The van der Waals surface area contributed by atoms with E-state index in [1.165, 1.54) is 7.11 Å². The molecule has 2 aromatic rings. The number of carbonyl (C=O) groups excluding carboxylic acids is 1. The topological polar surface area (TPSA) is 97.4 Å². The van der Waals surface area contributed by atoms with Crippen molar-refractivity contribution in [2.45, 2.75) is 13.8 Å². The lowest BCUT2D eigenvalue weighted by Gasteiger charge is -2.11. The Morgan fingerprint density at radius 1 is 1.04 bits per heavy atom. The second-order valence-corrected chi connectivity index (χ2v) is 5.50. The van der Waals surface area contributed by atoms with Gasteiger partial charge >= 0.3 is 0 Å². The third kappa shape index (κ3) is 5.23. The van der Waals surface area contributed by atoms with Crippen molar-refractivity contribution in [3.8, 4) is 11.5 Å². The first-order valence-corrected chi connectivity index (χ1v) is 8.41. The summed E-state index contributed by atoms with van der Waals surface area (Å²) in [6, 6.07) is 6.91. The van der Waals surface area contributed by atoms with Crippen molar-refractivity contribution < 1.29 is 14.3 Å². The van der Waals surface area contributed by atoms with E-state index in [4.69, 9.17) is 9.47 Å². The highest BCUT2D eigenvalue weighted by atomic mass is 16.5. The standard InChI is InChI=1S/C18H25N5O3/c1-5-19-18-22-12(2)10-16(23-18)20-8-9-21-17(24)13-6-7-14(25-3)15(11-13)26-4/h6-7,10-11H,5,8-9H2,1-4H3,(H,21,24)(H2,19,20,22,23). The third-order valence-electron chi connectivity index (χ3n) is 3.55. The van der Waals surface area contributed by atoms with E-state index >= 15 is 0 Å². The van der Waals surface area contributed by atoms with E-state index in [0.29, 0.717) is 41.9 Å². The Bertz CT molecular complexity index is 752. The molecule has 140 valence electrons. The quantitative estimate of drug-likeness (QED) is 0.590. The largest absolute Gasteiger partial charge is 0.493 e. The molecule has 0 atom stereocenters. The van der Waals surface area contributed by atoms with Gasteiger partial charge in [0, 0.05) is 37.0 Å². The molecule has 0 aliphatic heterocycles. The molecule has 0 spiro atoms. The highest BCUT2D eigenvalue weighted by Crippen LogP contribution is 2.27. The molecule has 0 radical (unpaired) electrons. The van der Waals surface area contributed by atoms with Crippen LogP contribution in [0.15, 0.2) is 24.3 Å². The molecule has 1 aromatic heterocycles. The molecule has 1 amide bonds. The SMILES string of the molecule is CCNc1nc(C)cc(NCCNC(=O)c2ccc(OC)c(OC)c2)n1. The van der Waals surface area contributed by atoms with Crippen LogP contribution in [-0.2, 0) is 0 Å². The summed E-state index contributed by atoms with van der Waals surface area (Å²) in [7, 11) is 3.09. The van der Waals surface area contributed by atoms with Gasteiger partial charge in [-0.2, -0.15) is 4.98 Å².